The number of aryl methyl sites for hydroxylation is 1. The van der Waals surface area contributed by atoms with Gasteiger partial charge in [-0.3, -0.25) is 0 Å². The molecule has 4 rings (SSSR count). The summed E-state index contributed by atoms with van der Waals surface area (Å²) in [6.07, 6.45) is 11.5. The lowest BCUT2D eigenvalue weighted by molar-refractivity contribution is 0.119. The van der Waals surface area contributed by atoms with E-state index >= 15 is 4.39 Å². The van der Waals surface area contributed by atoms with Crippen molar-refractivity contribution in [2.24, 2.45) is 11.8 Å². The molecule has 2 aliphatic carbocycles. The van der Waals surface area contributed by atoms with Gasteiger partial charge in [-0.1, -0.05) is 55.5 Å². The van der Waals surface area contributed by atoms with Crippen molar-refractivity contribution in [2.45, 2.75) is 63.9 Å². The molecular weight excluding hydrogens is 421 g/mol. The number of methoxy groups -OCH3 is 1. The summed E-state index contributed by atoms with van der Waals surface area (Å²) in [6, 6.07) is 11.1. The van der Waals surface area contributed by atoms with Crippen LogP contribution in [0.3, 0.4) is 0 Å². The highest BCUT2D eigenvalue weighted by Gasteiger charge is 2.27. The van der Waals surface area contributed by atoms with Crippen molar-refractivity contribution in [1.82, 2.24) is 0 Å². The highest BCUT2D eigenvalue weighted by atomic mass is 19.2. The van der Waals surface area contributed by atoms with Gasteiger partial charge in [-0.25, -0.2) is 13.2 Å². The van der Waals surface area contributed by atoms with Crippen molar-refractivity contribution in [2.75, 3.05) is 7.11 Å². The quantitative estimate of drug-likeness (QED) is 0.399. The van der Waals surface area contributed by atoms with Gasteiger partial charge in [-0.05, 0) is 79.5 Å². The zero-order valence-electron chi connectivity index (χ0n) is 19.5. The lowest BCUT2D eigenvalue weighted by Crippen LogP contribution is -2.17. The Hall–Kier alpha value is -2.33. The normalized spacial score (nSPS) is 25.9. The van der Waals surface area contributed by atoms with Crippen LogP contribution in [0.25, 0.3) is 11.1 Å². The maximum absolute atomic E-state index is 15.0. The highest BCUT2D eigenvalue weighted by Crippen LogP contribution is 2.40. The van der Waals surface area contributed by atoms with Crippen molar-refractivity contribution in [3.8, 4) is 11.1 Å². The Morgan fingerprint density at radius 2 is 1.58 bits per heavy atom. The molecule has 1 nitrogen and oxygen atoms in total. The molecule has 0 aliphatic heterocycles. The third kappa shape index (κ3) is 5.43. The van der Waals surface area contributed by atoms with E-state index in [1.54, 1.807) is 25.3 Å². The Balaban J connectivity index is 1.39. The fourth-order valence-electron chi connectivity index (χ4n) is 5.18. The zero-order valence-corrected chi connectivity index (χ0v) is 19.5. The van der Waals surface area contributed by atoms with Gasteiger partial charge in [0.15, 0.2) is 11.6 Å². The molecule has 176 valence electrons. The average molecular weight is 455 g/mol. The first-order valence-electron chi connectivity index (χ1n) is 12.2. The number of benzene rings is 2. The van der Waals surface area contributed by atoms with Crippen molar-refractivity contribution < 1.29 is 17.9 Å². The maximum Gasteiger partial charge on any atom is 0.166 e. The van der Waals surface area contributed by atoms with E-state index in [0.29, 0.717) is 22.6 Å². The largest absolute Gasteiger partial charge is 0.377 e. The molecule has 2 aromatic carbocycles. The molecule has 2 atom stereocenters. The Morgan fingerprint density at radius 3 is 2.21 bits per heavy atom. The van der Waals surface area contributed by atoms with Crippen molar-refractivity contribution in [3.63, 3.8) is 0 Å². The van der Waals surface area contributed by atoms with Gasteiger partial charge in [-0.2, -0.15) is 0 Å². The van der Waals surface area contributed by atoms with Crippen molar-refractivity contribution in [3.05, 3.63) is 83.2 Å². The van der Waals surface area contributed by atoms with Crippen LogP contribution in [0.5, 0.6) is 0 Å². The summed E-state index contributed by atoms with van der Waals surface area (Å²) in [5.74, 6) is -1.37. The molecule has 0 bridgehead atoms. The minimum atomic E-state index is -0.757. The van der Waals surface area contributed by atoms with Crippen LogP contribution < -0.4 is 0 Å². The third-order valence-corrected chi connectivity index (χ3v) is 7.38. The molecule has 0 saturated heterocycles. The topological polar surface area (TPSA) is 9.23 Å². The number of allylic oxidation sites excluding steroid dienone is 3. The van der Waals surface area contributed by atoms with Gasteiger partial charge >= 0.3 is 0 Å². The molecule has 33 heavy (non-hydrogen) atoms. The average Bonchev–Trinajstić information content (AvgIpc) is 2.85. The lowest BCUT2D eigenvalue weighted by Gasteiger charge is -2.28. The van der Waals surface area contributed by atoms with E-state index < -0.39 is 11.6 Å². The van der Waals surface area contributed by atoms with Gasteiger partial charge in [0.05, 0.1) is 6.10 Å². The molecule has 2 aliphatic rings. The van der Waals surface area contributed by atoms with Gasteiger partial charge in [0.25, 0.3) is 0 Å². The van der Waals surface area contributed by atoms with E-state index in [-0.39, 0.29) is 23.8 Å². The molecule has 0 amide bonds. The van der Waals surface area contributed by atoms with E-state index in [0.717, 1.165) is 44.9 Å². The summed E-state index contributed by atoms with van der Waals surface area (Å²) < 4.78 is 49.4. The van der Waals surface area contributed by atoms with E-state index in [2.05, 4.69) is 13.0 Å². The maximum atomic E-state index is 15.0. The first-order chi connectivity index (χ1) is 16.0. The molecule has 0 radical (unpaired) electrons. The molecule has 2 unspecified atom stereocenters. The molecule has 0 N–H and O–H groups in total. The SMILES string of the molecule is CCc1ccc(-c2ccc(C3CCC(/C=C/C4CCC(OC)C=C4F)CC3)c(F)c2F)cc1. The first-order valence-corrected chi connectivity index (χ1v) is 12.2. The Morgan fingerprint density at radius 1 is 0.848 bits per heavy atom. The number of rotatable bonds is 6. The van der Waals surface area contributed by atoms with E-state index in [9.17, 15) is 8.78 Å². The molecule has 1 fully saturated rings. The minimum Gasteiger partial charge on any atom is -0.377 e. The monoisotopic (exact) mass is 454 g/mol. The van der Waals surface area contributed by atoms with E-state index in [1.807, 2.05) is 30.3 Å². The summed E-state index contributed by atoms with van der Waals surface area (Å²) in [5, 5.41) is 0. The minimum absolute atomic E-state index is 0.0226. The lowest BCUT2D eigenvalue weighted by atomic mass is 9.77. The van der Waals surface area contributed by atoms with Gasteiger partial charge in [0.1, 0.15) is 5.83 Å². The summed E-state index contributed by atoms with van der Waals surface area (Å²) in [6.45, 7) is 2.07. The van der Waals surface area contributed by atoms with Crippen LogP contribution in [0.4, 0.5) is 13.2 Å². The summed E-state index contributed by atoms with van der Waals surface area (Å²) >= 11 is 0. The smallest absolute Gasteiger partial charge is 0.166 e. The van der Waals surface area contributed by atoms with Gasteiger partial charge in [-0.15, -0.1) is 0 Å². The number of ether oxygens (including phenoxy) is 1. The summed E-state index contributed by atoms with van der Waals surface area (Å²) in [7, 11) is 1.61. The predicted octanol–water partition coefficient (Wildman–Crippen LogP) is 8.30. The van der Waals surface area contributed by atoms with Gasteiger partial charge in [0.2, 0.25) is 0 Å². The third-order valence-electron chi connectivity index (χ3n) is 7.38. The van der Waals surface area contributed by atoms with Crippen LogP contribution in [0.15, 0.2) is 60.5 Å². The molecule has 0 heterocycles. The molecule has 0 aromatic heterocycles. The van der Waals surface area contributed by atoms with Crippen molar-refractivity contribution in [1.29, 1.82) is 0 Å². The van der Waals surface area contributed by atoms with Crippen LogP contribution in [0.1, 0.15) is 62.5 Å². The van der Waals surface area contributed by atoms with Crippen LogP contribution in [-0.4, -0.2) is 13.2 Å². The molecule has 4 heteroatoms. The Kier molecular flexibility index (Phi) is 7.75. The van der Waals surface area contributed by atoms with Gasteiger partial charge < -0.3 is 4.74 Å². The Labute approximate surface area is 195 Å². The van der Waals surface area contributed by atoms with Crippen LogP contribution in [0, 0.1) is 23.5 Å². The second-order valence-corrected chi connectivity index (χ2v) is 9.39. The second kappa shape index (κ2) is 10.7. The Bertz CT molecular complexity index is 1000. The fraction of sp³-hybridized carbons (Fsp3) is 0.448. The van der Waals surface area contributed by atoms with E-state index in [1.165, 1.54) is 5.56 Å². The van der Waals surface area contributed by atoms with Gasteiger partial charge in [0, 0.05) is 18.6 Å². The molecule has 0 spiro atoms. The first kappa shape index (κ1) is 23.8. The number of hydrogen-bond donors (Lipinski definition) is 0. The van der Waals surface area contributed by atoms with E-state index in [4.69, 9.17) is 4.74 Å². The van der Waals surface area contributed by atoms with Crippen LogP contribution in [-0.2, 0) is 11.2 Å². The summed E-state index contributed by atoms with van der Waals surface area (Å²) in [4.78, 5) is 0. The number of hydrogen-bond acceptors (Lipinski definition) is 1. The highest BCUT2D eigenvalue weighted by molar-refractivity contribution is 5.65. The zero-order chi connectivity index (χ0) is 23.4. The second-order valence-electron chi connectivity index (χ2n) is 9.39. The molecule has 1 saturated carbocycles. The van der Waals surface area contributed by atoms with Crippen molar-refractivity contribution >= 4 is 0 Å². The summed E-state index contributed by atoms with van der Waals surface area (Å²) in [5.41, 5.74) is 2.66. The predicted molar refractivity (Wildman–Crippen MR) is 128 cm³/mol. The van der Waals surface area contributed by atoms with Crippen LogP contribution >= 0.6 is 0 Å². The number of halogens is 3. The fourth-order valence-corrected chi connectivity index (χ4v) is 5.18. The molecular formula is C29H33F3O. The standard InChI is InChI=1S/C29H33F3O/c1-3-19-4-9-21(10-5-19)25-16-17-26(29(32)28(25)31)22-11-6-20(7-12-22)8-13-23-14-15-24(33-2)18-27(23)30/h4-5,8-10,13,16-18,20,22-24H,3,6-7,11-12,14-15H2,1-2H3/b13-8+. The van der Waals surface area contributed by atoms with Crippen LogP contribution in [0.2, 0.25) is 0 Å². The molecule has 2 aromatic rings.